The van der Waals surface area contributed by atoms with Gasteiger partial charge in [0.25, 0.3) is 5.60 Å². The first-order chi connectivity index (χ1) is 38.2. The predicted molar refractivity (Wildman–Crippen MR) is 345 cm³/mol. The molecule has 14 unspecified atom stereocenters. The minimum atomic E-state index is -5.52. The lowest BCUT2D eigenvalue weighted by Crippen LogP contribution is -2.61. The second kappa shape index (κ2) is 39.6. The molecule has 540 valence electrons. The molecule has 0 aromatic heterocycles. The van der Waals surface area contributed by atoms with Crippen LogP contribution in [0.3, 0.4) is 0 Å². The summed E-state index contributed by atoms with van der Waals surface area (Å²) in [6, 6.07) is 0. The van der Waals surface area contributed by atoms with Gasteiger partial charge in [0, 0.05) is 41.2 Å². The summed E-state index contributed by atoms with van der Waals surface area (Å²) in [5, 5.41) is 0. The van der Waals surface area contributed by atoms with Crippen LogP contribution in [0.5, 0.6) is 0 Å². The van der Waals surface area contributed by atoms with E-state index in [0.29, 0.717) is 69.0 Å². The van der Waals surface area contributed by atoms with Gasteiger partial charge in [-0.2, -0.15) is 52.7 Å². The van der Waals surface area contributed by atoms with E-state index in [0.717, 1.165) is 83.5 Å². The lowest BCUT2D eigenvalue weighted by Gasteiger charge is -2.42. The molecule has 0 radical (unpaired) electrons. The third-order valence-electron chi connectivity index (χ3n) is 18.5. The van der Waals surface area contributed by atoms with Gasteiger partial charge < -0.3 is 41.7 Å². The zero-order valence-electron chi connectivity index (χ0n) is 52.3. The van der Waals surface area contributed by atoms with Crippen molar-refractivity contribution in [2.75, 3.05) is 41.2 Å². The van der Waals surface area contributed by atoms with E-state index in [1.54, 1.807) is 21.3 Å². The van der Waals surface area contributed by atoms with Crippen LogP contribution in [0.1, 0.15) is 206 Å². The standard InChI is InChI=1S/C16H22F6O2.C16H25F3O2.C15H23F3O2.3C4H12OSi.6CH4/c17-15(18,19)14(16(20,21)22,24-13-3-1-2-6-23-13)9-12-8-10-4-5-11(12)7-10;1-15(16(17,18)19,21-14-4-2-3-7-20-14)10-13-9-11-5-6-12(13)8-11;16-15(17,18)13(20-14-3-1-2-6-19-14)9-12-8-10-4-5-11(12)7-10;3*1-5-6(2,3)4;;;;;;/h10-13H,1-9H2;11-14H,2-10H2,1H3;10-14H,1-9H2;3*1-4H3;6*1H4. The predicted octanol–water partition coefficient (Wildman–Crippen LogP) is 22.4. The molecule has 9 nitrogen and oxygen atoms in total. The van der Waals surface area contributed by atoms with E-state index in [2.05, 4.69) is 58.9 Å². The Morgan fingerprint density at radius 1 is 0.393 bits per heavy atom. The number of fused-ring (bicyclic) bond motifs is 6. The summed E-state index contributed by atoms with van der Waals surface area (Å²) in [4.78, 5) is 0. The van der Waals surface area contributed by atoms with Crippen LogP contribution in [0, 0.1) is 53.3 Å². The molecule has 0 aromatic rings. The summed E-state index contributed by atoms with van der Waals surface area (Å²) < 4.78 is 208. The maximum Gasteiger partial charge on any atom is 0.426 e. The van der Waals surface area contributed by atoms with Crippen molar-refractivity contribution in [2.24, 2.45) is 53.3 Å². The lowest BCUT2D eigenvalue weighted by atomic mass is 9.79. The third-order valence-corrected chi connectivity index (χ3v) is 22.2. The summed E-state index contributed by atoms with van der Waals surface area (Å²) >= 11 is 0. The Kier molecular flexibility index (Phi) is 41.2. The molecule has 14 atom stereocenters. The zero-order chi connectivity index (χ0) is 62.5. The largest absolute Gasteiger partial charge is 0.426 e. The molecule has 0 amide bonds. The van der Waals surface area contributed by atoms with E-state index in [9.17, 15) is 52.7 Å². The highest BCUT2D eigenvalue weighted by molar-refractivity contribution is 6.70. The summed E-state index contributed by atoms with van der Waals surface area (Å²) in [6.07, 6.45) is -7.33. The first kappa shape index (κ1) is 92.6. The van der Waals surface area contributed by atoms with Crippen LogP contribution in [0.25, 0.3) is 0 Å². The maximum atomic E-state index is 13.6. The van der Waals surface area contributed by atoms with Gasteiger partial charge in [0.15, 0.2) is 55.5 Å². The van der Waals surface area contributed by atoms with Gasteiger partial charge in [-0.1, -0.05) is 63.8 Å². The molecule has 6 aliphatic carbocycles. The highest BCUT2D eigenvalue weighted by atomic mass is 28.4. The minimum absolute atomic E-state index is 0. The maximum absolute atomic E-state index is 13.6. The monoisotopic (exact) mass is 1370 g/mol. The first-order valence-corrected chi connectivity index (χ1v) is 41.2. The Bertz CT molecular complexity index is 1780. The molecule has 24 heteroatoms. The van der Waals surface area contributed by atoms with Crippen molar-refractivity contribution in [3.63, 3.8) is 0 Å². The number of hydrogen-bond acceptors (Lipinski definition) is 9. The van der Waals surface area contributed by atoms with Crippen molar-refractivity contribution in [3.8, 4) is 0 Å². The van der Waals surface area contributed by atoms with Crippen molar-refractivity contribution in [1.29, 1.82) is 0 Å². The number of halogens is 12. The molecular weight excluding hydrogens is 1240 g/mol. The van der Waals surface area contributed by atoms with Crippen molar-refractivity contribution < 1.29 is 94.4 Å². The fourth-order valence-electron chi connectivity index (χ4n) is 13.3. The Hall–Kier alpha value is -0.549. The van der Waals surface area contributed by atoms with Crippen LogP contribution in [0.2, 0.25) is 58.9 Å². The van der Waals surface area contributed by atoms with Crippen molar-refractivity contribution in [3.05, 3.63) is 0 Å². The van der Waals surface area contributed by atoms with Gasteiger partial charge in [-0.3, -0.25) is 0 Å². The average molecular weight is 1370 g/mol. The number of rotatable bonds is 15. The fourth-order valence-corrected chi connectivity index (χ4v) is 13.3. The third kappa shape index (κ3) is 30.6. The summed E-state index contributed by atoms with van der Waals surface area (Å²) in [7, 11) is 1.92. The molecule has 9 rings (SSSR count). The molecule has 89 heavy (non-hydrogen) atoms. The van der Waals surface area contributed by atoms with Gasteiger partial charge in [0.2, 0.25) is 0 Å². The molecule has 3 heterocycles. The van der Waals surface area contributed by atoms with Gasteiger partial charge in [-0.15, -0.1) is 0 Å². The fraction of sp³-hybridized carbons (Fsp3) is 1.00. The molecule has 9 aliphatic rings. The molecular formula is C65H130F12O9Si3. The topological polar surface area (TPSA) is 83.1 Å². The van der Waals surface area contributed by atoms with E-state index < -0.39 is 98.2 Å². The number of ether oxygens (including phenoxy) is 6. The second-order valence-electron chi connectivity index (χ2n) is 28.2. The van der Waals surface area contributed by atoms with Gasteiger partial charge in [0.1, 0.15) is 0 Å². The minimum Gasteiger partial charge on any atom is -0.421 e. The highest BCUT2D eigenvalue weighted by Gasteiger charge is 2.74. The first-order valence-electron chi connectivity index (χ1n) is 31.0. The highest BCUT2D eigenvalue weighted by Crippen LogP contribution is 2.58. The van der Waals surface area contributed by atoms with Crippen LogP contribution in [-0.4, -0.2) is 127 Å². The van der Waals surface area contributed by atoms with Gasteiger partial charge in [-0.25, -0.2) is 0 Å². The normalized spacial score (nSPS) is 29.9. The zero-order valence-corrected chi connectivity index (χ0v) is 55.3. The van der Waals surface area contributed by atoms with Crippen LogP contribution in [0.4, 0.5) is 52.7 Å². The molecule has 3 aliphatic heterocycles. The van der Waals surface area contributed by atoms with Crippen molar-refractivity contribution in [1.82, 2.24) is 0 Å². The Morgan fingerprint density at radius 2 is 0.708 bits per heavy atom. The molecule has 3 saturated heterocycles. The smallest absolute Gasteiger partial charge is 0.421 e. The lowest BCUT2D eigenvalue weighted by molar-refractivity contribution is -0.416. The van der Waals surface area contributed by atoms with E-state index in [4.69, 9.17) is 41.7 Å². The van der Waals surface area contributed by atoms with E-state index in [1.807, 2.05) is 0 Å². The van der Waals surface area contributed by atoms with Gasteiger partial charge in [-0.05, 0) is 254 Å². The summed E-state index contributed by atoms with van der Waals surface area (Å²) in [6.45, 7) is 21.8. The average Bonchev–Trinajstić information content (AvgIpc) is 1.58. The van der Waals surface area contributed by atoms with E-state index in [1.165, 1.54) is 19.8 Å². The number of alkyl halides is 12. The van der Waals surface area contributed by atoms with E-state index in [-0.39, 0.29) is 94.1 Å². The van der Waals surface area contributed by atoms with Gasteiger partial charge in [0.05, 0.1) is 0 Å². The molecule has 6 bridgehead atoms. The number of hydrogen-bond donors (Lipinski definition) is 0. The Balaban J connectivity index is -0.00000106. The molecule has 6 saturated carbocycles. The van der Waals surface area contributed by atoms with Crippen LogP contribution in [-0.2, 0) is 41.7 Å². The Labute approximate surface area is 537 Å². The quantitative estimate of drug-likeness (QED) is 0.118. The molecule has 0 N–H and O–H groups in total. The van der Waals surface area contributed by atoms with Crippen molar-refractivity contribution >= 4 is 25.0 Å². The molecule has 0 aromatic carbocycles. The van der Waals surface area contributed by atoms with E-state index >= 15 is 0 Å². The van der Waals surface area contributed by atoms with Crippen molar-refractivity contribution in [2.45, 2.75) is 325 Å². The molecule has 9 fully saturated rings. The molecule has 0 spiro atoms. The summed E-state index contributed by atoms with van der Waals surface area (Å²) in [5.41, 5.74) is -6.19. The SMILES string of the molecule is C.C.C.C.C.C.CC(CC1CC2CCC1C2)(OC1CCCCO1)C(F)(F)F.CO[Si](C)(C)C.CO[Si](C)(C)C.CO[Si](C)(C)C.FC(F)(F)C(CC1CC2CCC1C2)(OC1CCCCO1)C(F)(F)F.FC(F)(F)C(CC1CC2CCC1C2)OC1CCCCO1. The van der Waals surface area contributed by atoms with Crippen LogP contribution < -0.4 is 0 Å². The Morgan fingerprint density at radius 3 is 0.966 bits per heavy atom. The summed E-state index contributed by atoms with van der Waals surface area (Å²) in [5.74, 6) is 2.31. The van der Waals surface area contributed by atoms with Gasteiger partial charge >= 0.3 is 24.7 Å². The second-order valence-corrected chi connectivity index (χ2v) is 42.1. The van der Waals surface area contributed by atoms with Crippen LogP contribution in [0.15, 0.2) is 0 Å². The van der Waals surface area contributed by atoms with Crippen LogP contribution >= 0.6 is 0 Å².